The fourth-order valence-electron chi connectivity index (χ4n) is 6.20. The van der Waals surface area contributed by atoms with Gasteiger partial charge in [0.15, 0.2) is 0 Å². The number of hydrogen-bond donors (Lipinski definition) is 1. The highest BCUT2D eigenvalue weighted by Gasteiger charge is 2.54. The Morgan fingerprint density at radius 2 is 2.03 bits per heavy atom. The first-order chi connectivity index (χ1) is 15.0. The lowest BCUT2D eigenvalue weighted by Crippen LogP contribution is -2.46. The molecular weight excluding hydrogens is 391 g/mol. The summed E-state index contributed by atoms with van der Waals surface area (Å²) in [7, 11) is 0. The number of pyridine rings is 1. The van der Waals surface area contributed by atoms with Crippen molar-refractivity contribution in [2.45, 2.75) is 44.8 Å². The van der Waals surface area contributed by atoms with Crippen LogP contribution in [0.3, 0.4) is 0 Å². The molecule has 3 aliphatic rings. The van der Waals surface area contributed by atoms with Crippen LogP contribution >= 0.6 is 0 Å². The van der Waals surface area contributed by atoms with Crippen LogP contribution in [-0.2, 0) is 9.53 Å². The molecule has 1 aromatic carbocycles. The Morgan fingerprint density at radius 3 is 2.81 bits per heavy atom. The molecule has 5 heteroatoms. The van der Waals surface area contributed by atoms with Crippen molar-refractivity contribution < 1.29 is 13.9 Å². The molecule has 0 radical (unpaired) electrons. The molecule has 0 bridgehead atoms. The average molecular weight is 421 g/mol. The number of halogens is 1. The largest absolute Gasteiger partial charge is 0.462 e. The van der Waals surface area contributed by atoms with Crippen molar-refractivity contribution in [2.75, 3.05) is 0 Å². The molecule has 0 spiro atoms. The number of hydrogen-bond acceptors (Lipinski definition) is 4. The number of carbonyl (C=O) groups is 1. The molecule has 2 aromatic rings. The molecule has 1 saturated heterocycles. The Balaban J connectivity index is 1.39. The van der Waals surface area contributed by atoms with E-state index in [-0.39, 0.29) is 35.8 Å². The van der Waals surface area contributed by atoms with E-state index in [0.717, 1.165) is 42.5 Å². The summed E-state index contributed by atoms with van der Waals surface area (Å²) in [6.07, 6.45) is 10.1. The summed E-state index contributed by atoms with van der Waals surface area (Å²) in [6, 6.07) is 10.7. The van der Waals surface area contributed by atoms with Gasteiger partial charge in [0, 0.05) is 23.7 Å². The van der Waals surface area contributed by atoms with E-state index in [1.54, 1.807) is 12.3 Å². The molecule has 3 fully saturated rings. The fourth-order valence-corrected chi connectivity index (χ4v) is 6.20. The van der Waals surface area contributed by atoms with Crippen molar-refractivity contribution in [1.29, 1.82) is 0 Å². The molecule has 7 atom stereocenters. The molecule has 0 amide bonds. The van der Waals surface area contributed by atoms with E-state index in [4.69, 9.17) is 10.5 Å². The van der Waals surface area contributed by atoms with Crippen LogP contribution in [0.4, 0.5) is 4.39 Å². The van der Waals surface area contributed by atoms with Crippen LogP contribution in [0.15, 0.2) is 48.7 Å². The van der Waals surface area contributed by atoms with Gasteiger partial charge in [0.25, 0.3) is 0 Å². The number of carbonyl (C=O) groups excluding carboxylic acids is 1. The number of cyclic esters (lactones) is 1. The summed E-state index contributed by atoms with van der Waals surface area (Å²) < 4.78 is 19.2. The van der Waals surface area contributed by atoms with Gasteiger partial charge in [0.2, 0.25) is 0 Å². The first-order valence-electron chi connectivity index (χ1n) is 11.4. The van der Waals surface area contributed by atoms with Gasteiger partial charge in [-0.05, 0) is 80.2 Å². The summed E-state index contributed by atoms with van der Waals surface area (Å²) in [6.45, 7) is 2.03. The van der Waals surface area contributed by atoms with Crippen molar-refractivity contribution in [3.05, 3.63) is 60.2 Å². The Labute approximate surface area is 182 Å². The molecule has 1 aliphatic heterocycles. The third-order valence-corrected chi connectivity index (χ3v) is 7.62. The molecular formula is C26H29FN2O2. The monoisotopic (exact) mass is 420 g/mol. The second-order valence-electron chi connectivity index (χ2n) is 9.48. The van der Waals surface area contributed by atoms with Gasteiger partial charge < -0.3 is 10.5 Å². The number of nitrogens with two attached hydrogens (primary N) is 1. The zero-order valence-electron chi connectivity index (χ0n) is 17.8. The van der Waals surface area contributed by atoms with E-state index in [2.05, 4.69) is 17.1 Å². The van der Waals surface area contributed by atoms with Crippen molar-refractivity contribution >= 4 is 12.0 Å². The van der Waals surface area contributed by atoms with Crippen LogP contribution in [0.25, 0.3) is 17.2 Å². The summed E-state index contributed by atoms with van der Waals surface area (Å²) in [5, 5.41) is 0. The highest BCUT2D eigenvalue weighted by molar-refractivity contribution is 5.75. The zero-order chi connectivity index (χ0) is 21.5. The number of rotatable bonds is 3. The minimum Gasteiger partial charge on any atom is -0.462 e. The van der Waals surface area contributed by atoms with Crippen molar-refractivity contribution in [2.24, 2.45) is 35.3 Å². The molecule has 1 unspecified atom stereocenters. The minimum absolute atomic E-state index is 0.0143. The summed E-state index contributed by atoms with van der Waals surface area (Å²) in [5.41, 5.74) is 8.82. The Hall–Kier alpha value is -2.53. The van der Waals surface area contributed by atoms with Crippen LogP contribution in [0.1, 0.15) is 38.3 Å². The van der Waals surface area contributed by atoms with Gasteiger partial charge in [-0.2, -0.15) is 0 Å². The first-order valence-corrected chi connectivity index (χ1v) is 11.4. The number of esters is 1. The smallest absolute Gasteiger partial charge is 0.309 e. The second kappa shape index (κ2) is 8.19. The maximum absolute atomic E-state index is 13.5. The topological polar surface area (TPSA) is 65.2 Å². The van der Waals surface area contributed by atoms with Crippen LogP contribution in [0.2, 0.25) is 0 Å². The van der Waals surface area contributed by atoms with Crippen LogP contribution < -0.4 is 5.73 Å². The van der Waals surface area contributed by atoms with Gasteiger partial charge in [-0.3, -0.25) is 9.78 Å². The Bertz CT molecular complexity index is 989. The number of ether oxygens (including phenoxy) is 1. The quantitative estimate of drug-likeness (QED) is 0.722. The third-order valence-electron chi connectivity index (χ3n) is 7.62. The van der Waals surface area contributed by atoms with E-state index in [1.165, 1.54) is 12.1 Å². The summed E-state index contributed by atoms with van der Waals surface area (Å²) in [5.74, 6) is 1.25. The highest BCUT2D eigenvalue weighted by Crippen LogP contribution is 2.53. The highest BCUT2D eigenvalue weighted by atomic mass is 19.1. The molecule has 162 valence electrons. The predicted molar refractivity (Wildman–Crippen MR) is 118 cm³/mol. The lowest BCUT2D eigenvalue weighted by Gasteiger charge is -2.47. The number of allylic oxidation sites excluding steroid dienone is 1. The van der Waals surface area contributed by atoms with E-state index in [1.807, 2.05) is 25.1 Å². The van der Waals surface area contributed by atoms with E-state index in [0.29, 0.717) is 17.8 Å². The molecule has 2 aliphatic carbocycles. The predicted octanol–water partition coefficient (Wildman–Crippen LogP) is 4.84. The lowest BCUT2D eigenvalue weighted by atomic mass is 9.57. The van der Waals surface area contributed by atoms with Gasteiger partial charge in [0.1, 0.15) is 11.9 Å². The molecule has 5 rings (SSSR count). The van der Waals surface area contributed by atoms with Crippen molar-refractivity contribution in [1.82, 2.24) is 4.98 Å². The lowest BCUT2D eigenvalue weighted by molar-refractivity contribution is -0.144. The summed E-state index contributed by atoms with van der Waals surface area (Å²) in [4.78, 5) is 17.1. The first kappa shape index (κ1) is 20.4. The second-order valence-corrected chi connectivity index (χ2v) is 9.48. The van der Waals surface area contributed by atoms with Crippen molar-refractivity contribution in [3.8, 4) is 11.1 Å². The molecule has 31 heavy (non-hydrogen) atoms. The molecule has 2 saturated carbocycles. The maximum Gasteiger partial charge on any atom is 0.309 e. The van der Waals surface area contributed by atoms with Crippen molar-refractivity contribution in [3.63, 3.8) is 0 Å². The normalized spacial score (nSPS) is 34.9. The van der Waals surface area contributed by atoms with Crippen LogP contribution in [0, 0.1) is 35.4 Å². The van der Waals surface area contributed by atoms with Crippen LogP contribution in [0.5, 0.6) is 0 Å². The van der Waals surface area contributed by atoms with Gasteiger partial charge in [-0.15, -0.1) is 0 Å². The van der Waals surface area contributed by atoms with E-state index < -0.39 is 0 Å². The number of aromatic nitrogens is 1. The maximum atomic E-state index is 13.5. The van der Waals surface area contributed by atoms with Gasteiger partial charge in [0.05, 0.1) is 11.6 Å². The molecule has 2 heterocycles. The molecule has 1 aromatic heterocycles. The van der Waals surface area contributed by atoms with Crippen LogP contribution in [-0.4, -0.2) is 23.1 Å². The van der Waals surface area contributed by atoms with Gasteiger partial charge in [-0.1, -0.05) is 24.3 Å². The van der Waals surface area contributed by atoms with E-state index in [9.17, 15) is 9.18 Å². The number of fused-ring (bicyclic) bond motifs is 2. The number of nitrogens with zero attached hydrogens (tertiary/aromatic N) is 1. The fraction of sp³-hybridized carbons (Fsp3) is 0.462. The standard InChI is InChI=1S/C26H29FN2O2/c1-15-25-23(22-9-6-20(28)12-18(22)13-24(25)26(30)31-15)10-8-21-7-5-17(14-29-21)16-3-2-4-19(27)11-16/h2-5,7-8,10-11,14-15,18,20,22-25H,6,9,12-13,28H2,1H3/t15-,18+,20-,22-,23+,24?,25+/m1/s1. The zero-order valence-corrected chi connectivity index (χ0v) is 17.8. The van der Waals surface area contributed by atoms with E-state index >= 15 is 0 Å². The molecule has 4 nitrogen and oxygen atoms in total. The SMILES string of the molecule is C[C@H]1OC(=O)C2C[C@@H]3C[C@H](N)CC[C@H]3[C@H](C=Cc3ccc(-c4cccc(F)c4)cn3)[C@@H]21. The molecule has 2 N–H and O–H groups in total. The van der Waals surface area contributed by atoms with Gasteiger partial charge >= 0.3 is 5.97 Å². The average Bonchev–Trinajstić information content (AvgIpc) is 3.04. The summed E-state index contributed by atoms with van der Waals surface area (Å²) >= 11 is 0. The Kier molecular flexibility index (Phi) is 5.39. The minimum atomic E-state index is -0.252. The number of benzene rings is 1. The third kappa shape index (κ3) is 3.91. The Morgan fingerprint density at radius 1 is 1.16 bits per heavy atom. The van der Waals surface area contributed by atoms with Gasteiger partial charge in [-0.25, -0.2) is 4.39 Å².